The first kappa shape index (κ1) is 25.1. The third kappa shape index (κ3) is 4.90. The number of hydrogen-bond acceptors (Lipinski definition) is 4. The second-order valence-corrected chi connectivity index (χ2v) is 9.52. The molecule has 2 heterocycles. The number of hydrogen-bond donors (Lipinski definition) is 2. The van der Waals surface area contributed by atoms with E-state index in [1.807, 2.05) is 0 Å². The van der Waals surface area contributed by atoms with Gasteiger partial charge in [0.25, 0.3) is 5.91 Å². The summed E-state index contributed by atoms with van der Waals surface area (Å²) < 4.78 is 57.0. The molecule has 0 aromatic heterocycles. The molecule has 4 rings (SSSR count). The Kier molecular flexibility index (Phi) is 7.14. The van der Waals surface area contributed by atoms with Crippen molar-refractivity contribution in [2.75, 3.05) is 19.8 Å². The number of benzene rings is 1. The van der Waals surface area contributed by atoms with E-state index in [1.54, 1.807) is 0 Å². The Hall–Kier alpha value is -2.98. The smallest absolute Gasteiger partial charge is 0.350 e. The highest BCUT2D eigenvalue weighted by atomic mass is 19.3. The fraction of sp³-hybridized carbons (Fsp3) is 0.583. The monoisotopic (exact) mass is 497 g/mol. The van der Waals surface area contributed by atoms with E-state index in [-0.39, 0.29) is 24.8 Å². The lowest BCUT2D eigenvalue weighted by Gasteiger charge is -2.31. The molecule has 0 bridgehead atoms. The average molecular weight is 497 g/mol. The van der Waals surface area contributed by atoms with Crippen molar-refractivity contribution in [3.05, 3.63) is 35.6 Å². The summed E-state index contributed by atoms with van der Waals surface area (Å²) in [7, 11) is 0. The molecular weight excluding hydrogens is 470 g/mol. The zero-order chi connectivity index (χ0) is 25.3. The number of carbonyl (C=O) groups excluding carboxylic acids is 4. The van der Waals surface area contributed by atoms with Crippen molar-refractivity contribution in [3.8, 4) is 0 Å². The summed E-state index contributed by atoms with van der Waals surface area (Å²) in [5.74, 6) is -9.84. The topological polar surface area (TPSA) is 95.6 Å². The van der Waals surface area contributed by atoms with Crippen LogP contribution in [0.15, 0.2) is 24.3 Å². The highest BCUT2D eigenvalue weighted by molar-refractivity contribution is 5.95. The Morgan fingerprint density at radius 1 is 1.20 bits per heavy atom. The van der Waals surface area contributed by atoms with Crippen molar-refractivity contribution in [2.45, 2.75) is 50.1 Å². The first-order valence-corrected chi connectivity index (χ1v) is 11.7. The number of Topliss-reactive ketones (excluding diaryl/α,β-unsaturated/α-hetero) is 1. The zero-order valence-electron chi connectivity index (χ0n) is 18.9. The van der Waals surface area contributed by atoms with E-state index < -0.39 is 65.5 Å². The van der Waals surface area contributed by atoms with Gasteiger partial charge in [-0.1, -0.05) is 18.6 Å². The highest BCUT2D eigenvalue weighted by Gasteiger charge is 2.55. The molecule has 2 aliphatic heterocycles. The number of rotatable bonds is 8. The van der Waals surface area contributed by atoms with E-state index in [4.69, 9.17) is 0 Å². The quantitative estimate of drug-likeness (QED) is 0.538. The number of carbonyl (C=O) groups is 4. The minimum Gasteiger partial charge on any atom is -0.356 e. The molecule has 0 radical (unpaired) electrons. The van der Waals surface area contributed by atoms with E-state index in [1.165, 1.54) is 0 Å². The number of ketones is 1. The standard InChI is InChI=1S/C24H27F4N3O4/c25-11-19(32)18(9-13-7-8-29-21(13)33)30-22(34)20-17-6-1-3-14(17)12-31(20)23(35)24(27,28)15-4-2-5-16(26)10-15/h2,4-5,10,13-14,17-18,20H,1,3,6-9,11-12H2,(H,29,33)(H,30,34)/t13-,14+,17+,18+,20+/m0/s1. The number of alkyl halides is 3. The molecule has 3 fully saturated rings. The van der Waals surface area contributed by atoms with Gasteiger partial charge >= 0.3 is 5.92 Å². The molecule has 3 amide bonds. The highest BCUT2D eigenvalue weighted by Crippen LogP contribution is 2.44. The summed E-state index contributed by atoms with van der Waals surface area (Å²) >= 11 is 0. The summed E-state index contributed by atoms with van der Waals surface area (Å²) in [5, 5.41) is 5.06. The molecule has 2 N–H and O–H groups in total. The van der Waals surface area contributed by atoms with Crippen LogP contribution in [-0.2, 0) is 25.1 Å². The van der Waals surface area contributed by atoms with Crippen LogP contribution in [0.25, 0.3) is 0 Å². The van der Waals surface area contributed by atoms with Gasteiger partial charge in [-0.15, -0.1) is 0 Å². The van der Waals surface area contributed by atoms with Crippen LogP contribution < -0.4 is 10.6 Å². The van der Waals surface area contributed by atoms with Crippen LogP contribution in [0.2, 0.25) is 0 Å². The molecule has 3 aliphatic rings. The second-order valence-electron chi connectivity index (χ2n) is 9.52. The Labute approximate surface area is 199 Å². The molecule has 1 aromatic rings. The lowest BCUT2D eigenvalue weighted by Crippen LogP contribution is -2.55. The maximum absolute atomic E-state index is 15.1. The van der Waals surface area contributed by atoms with Crippen LogP contribution in [0.4, 0.5) is 17.6 Å². The van der Waals surface area contributed by atoms with E-state index in [2.05, 4.69) is 10.6 Å². The molecule has 190 valence electrons. The summed E-state index contributed by atoms with van der Waals surface area (Å²) in [6, 6.07) is 0.972. The van der Waals surface area contributed by atoms with Gasteiger partial charge in [-0.2, -0.15) is 8.78 Å². The summed E-state index contributed by atoms with van der Waals surface area (Å²) in [5.41, 5.74) is -0.823. The minimum atomic E-state index is -4.07. The van der Waals surface area contributed by atoms with Gasteiger partial charge in [0, 0.05) is 24.6 Å². The molecule has 0 spiro atoms. The summed E-state index contributed by atoms with van der Waals surface area (Å²) in [6.07, 6.45) is 2.25. The number of amides is 3. The first-order valence-electron chi connectivity index (χ1n) is 11.7. The fourth-order valence-corrected chi connectivity index (χ4v) is 5.61. The predicted molar refractivity (Wildman–Crippen MR) is 115 cm³/mol. The van der Waals surface area contributed by atoms with Crippen molar-refractivity contribution in [1.82, 2.24) is 15.5 Å². The van der Waals surface area contributed by atoms with Gasteiger partial charge in [-0.3, -0.25) is 19.2 Å². The zero-order valence-corrected chi connectivity index (χ0v) is 18.9. The van der Waals surface area contributed by atoms with E-state index >= 15 is 8.78 Å². The number of nitrogens with one attached hydrogen (secondary N) is 2. The molecule has 1 aromatic carbocycles. The van der Waals surface area contributed by atoms with Gasteiger partial charge in [0.05, 0.1) is 6.04 Å². The molecule has 1 saturated carbocycles. The Morgan fingerprint density at radius 3 is 2.63 bits per heavy atom. The van der Waals surface area contributed by atoms with Gasteiger partial charge < -0.3 is 15.5 Å². The van der Waals surface area contributed by atoms with Gasteiger partial charge in [-0.05, 0) is 49.7 Å². The predicted octanol–water partition coefficient (Wildman–Crippen LogP) is 2.09. The van der Waals surface area contributed by atoms with Gasteiger partial charge in [0.15, 0.2) is 5.78 Å². The molecule has 11 heteroatoms. The number of fused-ring (bicyclic) bond motifs is 1. The van der Waals surface area contributed by atoms with Gasteiger partial charge in [0.1, 0.15) is 18.5 Å². The largest absolute Gasteiger partial charge is 0.356 e. The van der Waals surface area contributed by atoms with Crippen LogP contribution >= 0.6 is 0 Å². The summed E-state index contributed by atoms with van der Waals surface area (Å²) in [4.78, 5) is 51.3. The van der Waals surface area contributed by atoms with Crippen molar-refractivity contribution in [3.63, 3.8) is 0 Å². The van der Waals surface area contributed by atoms with Crippen molar-refractivity contribution < 1.29 is 36.7 Å². The lowest BCUT2D eigenvalue weighted by molar-refractivity contribution is -0.162. The van der Waals surface area contributed by atoms with Crippen molar-refractivity contribution >= 4 is 23.5 Å². The van der Waals surface area contributed by atoms with Crippen LogP contribution in [0, 0.1) is 23.6 Å². The van der Waals surface area contributed by atoms with Gasteiger partial charge in [-0.25, -0.2) is 8.78 Å². The number of nitrogens with zero attached hydrogens (tertiary/aromatic N) is 1. The minimum absolute atomic E-state index is 0.0702. The van der Waals surface area contributed by atoms with Crippen LogP contribution in [0.1, 0.15) is 37.7 Å². The van der Waals surface area contributed by atoms with E-state index in [9.17, 15) is 28.0 Å². The fourth-order valence-electron chi connectivity index (χ4n) is 5.61. The van der Waals surface area contributed by atoms with E-state index in [0.29, 0.717) is 31.9 Å². The van der Waals surface area contributed by atoms with Crippen LogP contribution in [0.5, 0.6) is 0 Å². The van der Waals surface area contributed by atoms with E-state index in [0.717, 1.165) is 29.5 Å². The Balaban J connectivity index is 1.57. The number of likely N-dealkylation sites (tertiary alicyclic amines) is 1. The van der Waals surface area contributed by atoms with Gasteiger partial charge in [0.2, 0.25) is 11.8 Å². The maximum Gasteiger partial charge on any atom is 0.350 e. The molecule has 0 unspecified atom stereocenters. The number of halogens is 4. The Morgan fingerprint density at radius 2 is 1.97 bits per heavy atom. The van der Waals surface area contributed by atoms with Crippen molar-refractivity contribution in [1.29, 1.82) is 0 Å². The SMILES string of the molecule is O=C1NCC[C@H]1C[C@@H](NC(=O)[C@H]1[C@@H]2CCC[C@@H]2CN1C(=O)C(F)(F)c1cccc(F)c1)C(=O)CF. The lowest BCUT2D eigenvalue weighted by atomic mass is 9.92. The normalized spacial score (nSPS) is 26.9. The molecular formula is C24H27F4N3O4. The second kappa shape index (κ2) is 9.94. The average Bonchev–Trinajstić information content (AvgIpc) is 3.53. The maximum atomic E-state index is 15.1. The third-order valence-corrected chi connectivity index (χ3v) is 7.40. The molecule has 7 nitrogen and oxygen atoms in total. The third-order valence-electron chi connectivity index (χ3n) is 7.40. The molecule has 1 aliphatic carbocycles. The summed E-state index contributed by atoms with van der Waals surface area (Å²) in [6.45, 7) is -1.03. The first-order chi connectivity index (χ1) is 16.6. The molecule has 5 atom stereocenters. The molecule has 35 heavy (non-hydrogen) atoms. The van der Waals surface area contributed by atoms with Crippen LogP contribution in [0.3, 0.4) is 0 Å². The van der Waals surface area contributed by atoms with Crippen molar-refractivity contribution in [2.24, 2.45) is 17.8 Å². The Bertz CT molecular complexity index is 1020. The molecule has 2 saturated heterocycles. The van der Waals surface area contributed by atoms with Crippen LogP contribution in [-0.4, -0.2) is 60.3 Å².